The van der Waals surface area contributed by atoms with Gasteiger partial charge < -0.3 is 9.45 Å². The van der Waals surface area contributed by atoms with Crippen LogP contribution in [0.3, 0.4) is 0 Å². The SMILES string of the molecule is C[C](C)CN1CCC2(CC1)Cc1c(F)ccc(F)c1[C@@H]2N[S@+]([O-])C(C)(C)C. The Morgan fingerprint density at radius 1 is 1.22 bits per heavy atom. The summed E-state index contributed by atoms with van der Waals surface area (Å²) >= 11 is -1.35. The number of halogens is 2. The lowest BCUT2D eigenvalue weighted by Crippen LogP contribution is -2.50. The zero-order chi connectivity index (χ0) is 20.0. The Hall–Kier alpha value is -0.690. The highest BCUT2D eigenvalue weighted by molar-refractivity contribution is 7.90. The van der Waals surface area contributed by atoms with Crippen LogP contribution in [0, 0.1) is 23.0 Å². The highest BCUT2D eigenvalue weighted by Gasteiger charge is 2.52. The van der Waals surface area contributed by atoms with E-state index in [2.05, 4.69) is 23.5 Å². The highest BCUT2D eigenvalue weighted by atomic mass is 32.2. The van der Waals surface area contributed by atoms with E-state index < -0.39 is 28.0 Å². The van der Waals surface area contributed by atoms with E-state index >= 15 is 0 Å². The molecule has 2 atom stereocenters. The van der Waals surface area contributed by atoms with Crippen LogP contribution in [-0.2, 0) is 17.8 Å². The van der Waals surface area contributed by atoms with Crippen LogP contribution in [-0.4, -0.2) is 33.8 Å². The van der Waals surface area contributed by atoms with Crippen molar-refractivity contribution >= 4 is 11.4 Å². The molecular weight excluding hydrogens is 366 g/mol. The number of hydrogen-bond donors (Lipinski definition) is 1. The van der Waals surface area contributed by atoms with Gasteiger partial charge in [0, 0.05) is 28.9 Å². The molecule has 2 aliphatic rings. The van der Waals surface area contributed by atoms with Crippen LogP contribution in [0.4, 0.5) is 8.78 Å². The normalized spacial score (nSPS) is 23.8. The highest BCUT2D eigenvalue weighted by Crippen LogP contribution is 2.53. The first-order valence-electron chi connectivity index (χ1n) is 9.70. The minimum absolute atomic E-state index is 0.287. The predicted molar refractivity (Wildman–Crippen MR) is 107 cm³/mol. The molecule has 27 heavy (non-hydrogen) atoms. The summed E-state index contributed by atoms with van der Waals surface area (Å²) in [7, 11) is 0. The first-order chi connectivity index (χ1) is 12.5. The molecule has 3 nitrogen and oxygen atoms in total. The van der Waals surface area contributed by atoms with Gasteiger partial charge in [-0.05, 0) is 76.7 Å². The van der Waals surface area contributed by atoms with Crippen molar-refractivity contribution in [3.8, 4) is 0 Å². The van der Waals surface area contributed by atoms with Crippen molar-refractivity contribution in [1.29, 1.82) is 0 Å². The van der Waals surface area contributed by atoms with Gasteiger partial charge in [-0.15, -0.1) is 4.72 Å². The molecule has 1 aliphatic carbocycles. The van der Waals surface area contributed by atoms with Crippen LogP contribution in [0.15, 0.2) is 12.1 Å². The first kappa shape index (κ1) is 21.0. The van der Waals surface area contributed by atoms with Crippen LogP contribution < -0.4 is 4.72 Å². The van der Waals surface area contributed by atoms with Gasteiger partial charge in [0.25, 0.3) is 0 Å². The fourth-order valence-corrected chi connectivity index (χ4v) is 5.33. The van der Waals surface area contributed by atoms with Crippen molar-refractivity contribution in [1.82, 2.24) is 9.62 Å². The van der Waals surface area contributed by atoms with Crippen LogP contribution in [0.2, 0.25) is 0 Å². The second kappa shape index (κ2) is 7.62. The van der Waals surface area contributed by atoms with E-state index in [-0.39, 0.29) is 11.2 Å². The smallest absolute Gasteiger partial charge is 0.136 e. The summed E-state index contributed by atoms with van der Waals surface area (Å²) in [4.78, 5) is 2.40. The Balaban J connectivity index is 1.92. The molecular formula is C21H31F2N2OS. The van der Waals surface area contributed by atoms with Gasteiger partial charge in [0.05, 0.1) is 6.04 Å². The van der Waals surface area contributed by atoms with Crippen LogP contribution in [0.5, 0.6) is 0 Å². The zero-order valence-corrected chi connectivity index (χ0v) is 17.8. The lowest BCUT2D eigenvalue weighted by Gasteiger charge is -2.44. The van der Waals surface area contributed by atoms with Gasteiger partial charge in [0.1, 0.15) is 16.4 Å². The van der Waals surface area contributed by atoms with Crippen molar-refractivity contribution in [2.45, 2.75) is 64.7 Å². The van der Waals surface area contributed by atoms with Crippen molar-refractivity contribution in [2.24, 2.45) is 5.41 Å². The largest absolute Gasteiger partial charge is 0.598 e. The summed E-state index contributed by atoms with van der Waals surface area (Å²) in [5.41, 5.74) is 0.564. The summed E-state index contributed by atoms with van der Waals surface area (Å²) < 4.78 is 44.8. The molecule has 6 heteroatoms. The number of piperidine rings is 1. The van der Waals surface area contributed by atoms with Crippen molar-refractivity contribution in [3.63, 3.8) is 0 Å². The molecule has 1 saturated heterocycles. The Morgan fingerprint density at radius 2 is 1.81 bits per heavy atom. The second-order valence-corrected chi connectivity index (χ2v) is 11.4. The third-order valence-electron chi connectivity index (χ3n) is 5.85. The quantitative estimate of drug-likeness (QED) is 0.770. The number of hydrogen-bond acceptors (Lipinski definition) is 3. The maximum atomic E-state index is 14.7. The lowest BCUT2D eigenvalue weighted by molar-refractivity contribution is 0.0859. The van der Waals surface area contributed by atoms with E-state index in [0.717, 1.165) is 32.5 Å². The molecule has 1 heterocycles. The molecule has 1 aliphatic heterocycles. The summed E-state index contributed by atoms with van der Waals surface area (Å²) in [6.45, 7) is 12.7. The average molecular weight is 398 g/mol. The topological polar surface area (TPSA) is 38.3 Å². The number of fused-ring (bicyclic) bond motifs is 1. The summed E-state index contributed by atoms with van der Waals surface area (Å²) in [6, 6.07) is 2.00. The number of benzene rings is 1. The minimum Gasteiger partial charge on any atom is -0.598 e. The summed E-state index contributed by atoms with van der Waals surface area (Å²) in [5.74, 6) is 0.616. The van der Waals surface area contributed by atoms with Crippen LogP contribution in [0.25, 0.3) is 0 Å². The molecule has 0 saturated carbocycles. The van der Waals surface area contributed by atoms with E-state index in [1.807, 2.05) is 20.8 Å². The Kier molecular flexibility index (Phi) is 5.93. The van der Waals surface area contributed by atoms with Gasteiger partial charge >= 0.3 is 0 Å². The summed E-state index contributed by atoms with van der Waals surface area (Å²) in [6.07, 6.45) is 2.19. The minimum atomic E-state index is -1.35. The molecule has 1 spiro atoms. The first-order valence-corrected chi connectivity index (χ1v) is 10.8. The molecule has 0 amide bonds. The third kappa shape index (κ3) is 4.19. The Labute approximate surface area is 165 Å². The van der Waals surface area contributed by atoms with Crippen molar-refractivity contribution in [3.05, 3.63) is 40.8 Å². The summed E-state index contributed by atoms with van der Waals surface area (Å²) in [5, 5.41) is 0. The molecule has 151 valence electrons. The van der Waals surface area contributed by atoms with Crippen LogP contribution in [0.1, 0.15) is 64.6 Å². The predicted octanol–water partition coefficient (Wildman–Crippen LogP) is 4.31. The molecule has 3 rings (SSSR count). The van der Waals surface area contributed by atoms with Crippen molar-refractivity contribution < 1.29 is 13.3 Å². The van der Waals surface area contributed by atoms with Gasteiger partial charge in [-0.25, -0.2) is 8.78 Å². The number of likely N-dealkylation sites (tertiary alicyclic amines) is 1. The molecule has 1 N–H and O–H groups in total. The molecule has 0 unspecified atom stereocenters. The number of nitrogens with one attached hydrogen (secondary N) is 1. The number of nitrogens with zero attached hydrogens (tertiary/aromatic N) is 1. The fraction of sp³-hybridized carbons (Fsp3) is 0.667. The molecule has 0 bridgehead atoms. The maximum absolute atomic E-state index is 14.7. The van der Waals surface area contributed by atoms with E-state index in [1.165, 1.54) is 18.1 Å². The molecule has 1 radical (unpaired) electrons. The van der Waals surface area contributed by atoms with Crippen LogP contribution >= 0.6 is 0 Å². The van der Waals surface area contributed by atoms with Crippen molar-refractivity contribution in [2.75, 3.05) is 19.6 Å². The molecule has 1 fully saturated rings. The zero-order valence-electron chi connectivity index (χ0n) is 17.0. The van der Waals surface area contributed by atoms with E-state index in [9.17, 15) is 13.3 Å². The monoisotopic (exact) mass is 397 g/mol. The maximum Gasteiger partial charge on any atom is 0.136 e. The van der Waals surface area contributed by atoms with Gasteiger partial charge in [0.2, 0.25) is 0 Å². The number of rotatable bonds is 4. The second-order valence-electron chi connectivity index (χ2n) is 9.38. The van der Waals surface area contributed by atoms with E-state index in [0.29, 0.717) is 17.5 Å². The van der Waals surface area contributed by atoms with E-state index in [4.69, 9.17) is 0 Å². The standard InChI is InChI=1S/C21H31F2N2OS/c1-14(2)13-25-10-8-21(9-11-25)12-15-16(22)6-7-17(23)18(15)19(21)24-27(26)20(3,4)5/h6-7,19,24H,8-13H2,1-5H3/t19-,27+/m0/s1. The lowest BCUT2D eigenvalue weighted by atomic mass is 9.73. The van der Waals surface area contributed by atoms with E-state index in [1.54, 1.807) is 0 Å². The van der Waals surface area contributed by atoms with Gasteiger partial charge in [-0.2, -0.15) is 0 Å². The average Bonchev–Trinajstić information content (AvgIpc) is 2.88. The molecule has 0 aromatic heterocycles. The van der Waals surface area contributed by atoms with Gasteiger partial charge in [0.15, 0.2) is 0 Å². The van der Waals surface area contributed by atoms with Gasteiger partial charge in [-0.1, -0.05) is 13.8 Å². The molecule has 1 aromatic carbocycles. The fourth-order valence-electron chi connectivity index (χ4n) is 4.40. The Morgan fingerprint density at radius 3 is 2.37 bits per heavy atom. The Bertz CT molecular complexity index is 681. The third-order valence-corrected chi connectivity index (χ3v) is 7.41. The molecule has 1 aromatic rings. The van der Waals surface area contributed by atoms with Gasteiger partial charge in [-0.3, -0.25) is 0 Å².